The standard InChI is InChI=1S/C18H22N2O2/c1-14(19)12-13-20-18(21)17(15-8-4-2-5-9-15)22-16-10-6-3-7-11-16/h2-11,14,17H,12-13,19H2,1H3,(H,20,21). The molecule has 2 unspecified atom stereocenters. The number of para-hydroxylation sites is 1. The largest absolute Gasteiger partial charge is 0.476 e. The zero-order chi connectivity index (χ0) is 15.8. The molecule has 0 fully saturated rings. The van der Waals surface area contributed by atoms with Gasteiger partial charge in [0.05, 0.1) is 0 Å². The molecular weight excluding hydrogens is 276 g/mol. The Morgan fingerprint density at radius 2 is 1.68 bits per heavy atom. The molecule has 22 heavy (non-hydrogen) atoms. The minimum atomic E-state index is -0.670. The van der Waals surface area contributed by atoms with Gasteiger partial charge < -0.3 is 15.8 Å². The summed E-state index contributed by atoms with van der Waals surface area (Å²) in [6, 6.07) is 18.9. The maximum Gasteiger partial charge on any atom is 0.265 e. The number of amides is 1. The first-order valence-electron chi connectivity index (χ1n) is 7.47. The maximum atomic E-state index is 12.5. The van der Waals surface area contributed by atoms with Crippen LogP contribution in [0, 0.1) is 0 Å². The Morgan fingerprint density at radius 3 is 2.27 bits per heavy atom. The van der Waals surface area contributed by atoms with Gasteiger partial charge in [0.15, 0.2) is 0 Å². The predicted molar refractivity (Wildman–Crippen MR) is 87.5 cm³/mol. The van der Waals surface area contributed by atoms with Crippen molar-refractivity contribution < 1.29 is 9.53 Å². The Labute approximate surface area is 131 Å². The lowest BCUT2D eigenvalue weighted by molar-refractivity contribution is -0.128. The molecule has 3 N–H and O–H groups in total. The first-order valence-corrected chi connectivity index (χ1v) is 7.47. The fourth-order valence-electron chi connectivity index (χ4n) is 2.05. The topological polar surface area (TPSA) is 64.3 Å². The highest BCUT2D eigenvalue weighted by atomic mass is 16.5. The van der Waals surface area contributed by atoms with Crippen LogP contribution in [0.2, 0.25) is 0 Å². The average molecular weight is 298 g/mol. The first-order chi connectivity index (χ1) is 10.7. The Bertz CT molecular complexity index is 570. The Balaban J connectivity index is 2.10. The van der Waals surface area contributed by atoms with Crippen molar-refractivity contribution in [3.05, 3.63) is 66.2 Å². The van der Waals surface area contributed by atoms with Crippen LogP contribution in [0.1, 0.15) is 25.0 Å². The zero-order valence-corrected chi connectivity index (χ0v) is 12.7. The van der Waals surface area contributed by atoms with Crippen molar-refractivity contribution in [3.8, 4) is 5.75 Å². The maximum absolute atomic E-state index is 12.5. The van der Waals surface area contributed by atoms with Crippen molar-refractivity contribution in [1.29, 1.82) is 0 Å². The van der Waals surface area contributed by atoms with Gasteiger partial charge in [-0.05, 0) is 25.5 Å². The molecule has 2 atom stereocenters. The van der Waals surface area contributed by atoms with Crippen molar-refractivity contribution in [2.75, 3.05) is 6.54 Å². The van der Waals surface area contributed by atoms with E-state index in [1.165, 1.54) is 0 Å². The third-order valence-corrected chi connectivity index (χ3v) is 3.24. The summed E-state index contributed by atoms with van der Waals surface area (Å²) in [6.45, 7) is 2.46. The van der Waals surface area contributed by atoms with Gasteiger partial charge in [0.1, 0.15) is 5.75 Å². The lowest BCUT2D eigenvalue weighted by atomic mass is 10.1. The predicted octanol–water partition coefficient (Wildman–Crippen LogP) is 2.66. The van der Waals surface area contributed by atoms with Gasteiger partial charge in [-0.1, -0.05) is 48.5 Å². The molecule has 4 nitrogen and oxygen atoms in total. The van der Waals surface area contributed by atoms with Gasteiger partial charge in [0.2, 0.25) is 6.10 Å². The van der Waals surface area contributed by atoms with Gasteiger partial charge in [0.25, 0.3) is 5.91 Å². The van der Waals surface area contributed by atoms with E-state index < -0.39 is 6.10 Å². The summed E-state index contributed by atoms with van der Waals surface area (Å²) in [4.78, 5) is 12.5. The van der Waals surface area contributed by atoms with E-state index in [2.05, 4.69) is 5.32 Å². The summed E-state index contributed by atoms with van der Waals surface area (Å²) in [6.07, 6.45) is 0.0650. The van der Waals surface area contributed by atoms with Crippen LogP contribution >= 0.6 is 0 Å². The first kappa shape index (κ1) is 16.0. The third-order valence-electron chi connectivity index (χ3n) is 3.24. The minimum Gasteiger partial charge on any atom is -0.476 e. The van der Waals surface area contributed by atoms with Crippen LogP contribution in [0.5, 0.6) is 5.75 Å². The van der Waals surface area contributed by atoms with E-state index in [0.29, 0.717) is 12.3 Å². The van der Waals surface area contributed by atoms with Crippen LogP contribution in [-0.2, 0) is 4.79 Å². The second-order valence-electron chi connectivity index (χ2n) is 5.28. The molecular formula is C18H22N2O2. The number of rotatable bonds is 7. The monoisotopic (exact) mass is 298 g/mol. The molecule has 0 aliphatic carbocycles. The summed E-state index contributed by atoms with van der Waals surface area (Å²) >= 11 is 0. The van der Waals surface area contributed by atoms with Crippen molar-refractivity contribution in [1.82, 2.24) is 5.32 Å². The molecule has 0 aliphatic heterocycles. The molecule has 0 saturated heterocycles. The van der Waals surface area contributed by atoms with Gasteiger partial charge in [0, 0.05) is 18.2 Å². The van der Waals surface area contributed by atoms with Crippen LogP contribution in [-0.4, -0.2) is 18.5 Å². The molecule has 0 saturated carbocycles. The van der Waals surface area contributed by atoms with E-state index in [9.17, 15) is 4.79 Å². The highest BCUT2D eigenvalue weighted by molar-refractivity contribution is 5.82. The molecule has 2 aromatic rings. The SMILES string of the molecule is CC(N)CCNC(=O)C(Oc1ccccc1)c1ccccc1. The number of nitrogens with two attached hydrogens (primary N) is 1. The number of benzene rings is 2. The molecule has 0 radical (unpaired) electrons. The van der Waals surface area contributed by atoms with Gasteiger partial charge in [-0.15, -0.1) is 0 Å². The van der Waals surface area contributed by atoms with Gasteiger partial charge in [-0.2, -0.15) is 0 Å². The molecule has 0 spiro atoms. The number of carbonyl (C=O) groups is 1. The molecule has 1 amide bonds. The second kappa shape index (κ2) is 8.20. The highest BCUT2D eigenvalue weighted by Crippen LogP contribution is 2.21. The van der Waals surface area contributed by atoms with Crippen LogP contribution in [0.4, 0.5) is 0 Å². The van der Waals surface area contributed by atoms with E-state index in [1.807, 2.05) is 67.6 Å². The lowest BCUT2D eigenvalue weighted by Gasteiger charge is -2.19. The fraction of sp³-hybridized carbons (Fsp3) is 0.278. The van der Waals surface area contributed by atoms with E-state index >= 15 is 0 Å². The van der Waals surface area contributed by atoms with Crippen molar-refractivity contribution in [2.24, 2.45) is 5.73 Å². The zero-order valence-electron chi connectivity index (χ0n) is 12.7. The summed E-state index contributed by atoms with van der Waals surface area (Å²) < 4.78 is 5.88. The summed E-state index contributed by atoms with van der Waals surface area (Å²) in [5.74, 6) is 0.509. The second-order valence-corrected chi connectivity index (χ2v) is 5.28. The van der Waals surface area contributed by atoms with Crippen LogP contribution in [0.3, 0.4) is 0 Å². The van der Waals surface area contributed by atoms with Crippen molar-refractivity contribution in [2.45, 2.75) is 25.5 Å². The molecule has 4 heteroatoms. The number of hydrogen-bond donors (Lipinski definition) is 2. The Hall–Kier alpha value is -2.33. The number of carbonyl (C=O) groups excluding carboxylic acids is 1. The smallest absolute Gasteiger partial charge is 0.265 e. The molecule has 0 heterocycles. The quantitative estimate of drug-likeness (QED) is 0.826. The lowest BCUT2D eigenvalue weighted by Crippen LogP contribution is -2.35. The molecule has 2 aromatic carbocycles. The molecule has 0 aromatic heterocycles. The van der Waals surface area contributed by atoms with E-state index in [0.717, 1.165) is 12.0 Å². The summed E-state index contributed by atoms with van der Waals surface area (Å²) in [5.41, 5.74) is 6.53. The highest BCUT2D eigenvalue weighted by Gasteiger charge is 2.22. The van der Waals surface area contributed by atoms with Gasteiger partial charge in [-0.3, -0.25) is 4.79 Å². The Kier molecular flexibility index (Phi) is 5.98. The van der Waals surface area contributed by atoms with Gasteiger partial charge >= 0.3 is 0 Å². The van der Waals surface area contributed by atoms with Gasteiger partial charge in [-0.25, -0.2) is 0 Å². The number of hydrogen-bond acceptors (Lipinski definition) is 3. The third kappa shape index (κ3) is 4.90. The number of ether oxygens (including phenoxy) is 1. The fourth-order valence-corrected chi connectivity index (χ4v) is 2.05. The average Bonchev–Trinajstić information content (AvgIpc) is 2.54. The van der Waals surface area contributed by atoms with Crippen molar-refractivity contribution >= 4 is 5.91 Å². The molecule has 0 bridgehead atoms. The minimum absolute atomic E-state index is 0.0607. The van der Waals surface area contributed by atoms with Crippen LogP contribution in [0.25, 0.3) is 0 Å². The summed E-state index contributed by atoms with van der Waals surface area (Å²) in [7, 11) is 0. The molecule has 2 rings (SSSR count). The van der Waals surface area contributed by atoms with Crippen LogP contribution < -0.4 is 15.8 Å². The number of nitrogens with one attached hydrogen (secondary N) is 1. The van der Waals surface area contributed by atoms with Crippen molar-refractivity contribution in [3.63, 3.8) is 0 Å². The van der Waals surface area contributed by atoms with E-state index in [-0.39, 0.29) is 11.9 Å². The van der Waals surface area contributed by atoms with Crippen LogP contribution in [0.15, 0.2) is 60.7 Å². The molecule has 0 aliphatic rings. The Morgan fingerprint density at radius 1 is 1.09 bits per heavy atom. The normalized spacial score (nSPS) is 13.2. The molecule has 116 valence electrons. The summed E-state index contributed by atoms with van der Waals surface area (Å²) in [5, 5.41) is 2.89. The van der Waals surface area contributed by atoms with E-state index in [4.69, 9.17) is 10.5 Å². The van der Waals surface area contributed by atoms with E-state index in [1.54, 1.807) is 0 Å².